The van der Waals surface area contributed by atoms with Gasteiger partial charge in [0.15, 0.2) is 29.6 Å². The van der Waals surface area contributed by atoms with Crippen molar-refractivity contribution in [3.05, 3.63) is 35.3 Å². The number of nitrogens with two attached hydrogens (primary N) is 2. The first-order chi connectivity index (χ1) is 21.3. The topological polar surface area (TPSA) is 300 Å². The molecule has 3 aliphatic heterocycles. The quantitative estimate of drug-likeness (QED) is 0.116. The van der Waals surface area contributed by atoms with Crippen molar-refractivity contribution in [2.45, 2.75) is 49.1 Å². The van der Waals surface area contributed by atoms with Crippen molar-refractivity contribution in [2.24, 2.45) is 0 Å². The molecule has 242 valence electrons. The van der Waals surface area contributed by atoms with Crippen LogP contribution in [0.25, 0.3) is 22.2 Å². The van der Waals surface area contributed by atoms with Gasteiger partial charge in [-0.1, -0.05) is 0 Å². The van der Waals surface area contributed by atoms with E-state index in [1.165, 1.54) is 34.1 Å². The van der Waals surface area contributed by atoms with Gasteiger partial charge in [0.2, 0.25) is 5.95 Å². The summed E-state index contributed by atoms with van der Waals surface area (Å²) in [5.74, 6) is -0.157. The molecule has 21 nitrogen and oxygen atoms in total. The standard InChI is InChI=1S/C21H25N9O12P2S/c22-15-10-17(25-5-24-15)30(6-26-10)20-13-11(31)9(40-20)4-38-44(36,45)42-14-12(32)8(3-37-43(34,35)41-13)39-19(14)29-2-1-7-16(29)27-21(23)28-18(7)33/h1-2,5-6,8-9,11-14,19-20,31-32H,3-4H2,(H,34,35)(H,36,45)(H2,22,24,25)(H3,23,27,28,33)/t8-,9-,11?,12+,13+,14?,19-,20-,44?/m1/s1. The molecule has 3 aliphatic rings. The molecule has 7 rings (SSSR count). The molecule has 3 fully saturated rings. The Morgan fingerprint density at radius 2 is 1.62 bits per heavy atom. The molecule has 0 aromatic carbocycles. The number of H-pyrrole nitrogens is 1. The Morgan fingerprint density at radius 1 is 0.956 bits per heavy atom. The van der Waals surface area contributed by atoms with E-state index in [2.05, 4.69) is 24.9 Å². The normalized spacial score (nSPS) is 37.7. The first kappa shape index (κ1) is 30.7. The van der Waals surface area contributed by atoms with E-state index in [0.29, 0.717) is 0 Å². The second kappa shape index (κ2) is 11.1. The number of fused-ring (bicyclic) bond motifs is 6. The molecule has 45 heavy (non-hydrogen) atoms. The number of hydrogen-bond acceptors (Lipinski definition) is 17. The Hall–Kier alpha value is -2.95. The Balaban J connectivity index is 1.23. The number of phosphoric ester groups is 1. The van der Waals surface area contributed by atoms with Gasteiger partial charge < -0.3 is 50.0 Å². The summed E-state index contributed by atoms with van der Waals surface area (Å²) in [4.78, 5) is 52.7. The van der Waals surface area contributed by atoms with Gasteiger partial charge in [-0.15, -0.1) is 0 Å². The molecular weight excluding hydrogens is 664 g/mol. The van der Waals surface area contributed by atoms with Crippen LogP contribution in [0.3, 0.4) is 0 Å². The molecule has 4 unspecified atom stereocenters. The third-order valence-electron chi connectivity index (χ3n) is 7.47. The molecule has 0 saturated carbocycles. The van der Waals surface area contributed by atoms with E-state index in [1.807, 2.05) is 0 Å². The van der Waals surface area contributed by atoms with E-state index in [4.69, 9.17) is 50.8 Å². The number of phosphoric acid groups is 1. The number of aliphatic hydroxyl groups excluding tert-OH is 2. The number of imidazole rings is 1. The molecule has 3 saturated heterocycles. The number of aromatic nitrogens is 7. The number of nitrogen functional groups attached to an aromatic ring is 2. The molecule has 24 heteroatoms. The van der Waals surface area contributed by atoms with Gasteiger partial charge in [-0.3, -0.25) is 27.9 Å². The van der Waals surface area contributed by atoms with Crippen LogP contribution in [0.4, 0.5) is 11.8 Å². The van der Waals surface area contributed by atoms with Gasteiger partial charge in [0, 0.05) is 6.20 Å². The van der Waals surface area contributed by atoms with Crippen LogP contribution >= 0.6 is 14.5 Å². The number of ether oxygens (including phenoxy) is 2. The number of nitrogens with zero attached hydrogens (tertiary/aromatic N) is 6. The highest BCUT2D eigenvalue weighted by Gasteiger charge is 2.53. The maximum absolute atomic E-state index is 13.2. The summed E-state index contributed by atoms with van der Waals surface area (Å²) < 4.78 is 49.5. The molecule has 9 N–H and O–H groups in total. The monoisotopic (exact) mass is 689 g/mol. The Morgan fingerprint density at radius 3 is 2.36 bits per heavy atom. The minimum Gasteiger partial charge on any atom is -0.387 e. The highest BCUT2D eigenvalue weighted by molar-refractivity contribution is 8.07. The van der Waals surface area contributed by atoms with Crippen molar-refractivity contribution in [3.8, 4) is 0 Å². The molecule has 4 bridgehead atoms. The molecule has 0 spiro atoms. The Labute approximate surface area is 255 Å². The fourth-order valence-electron chi connectivity index (χ4n) is 5.41. The lowest BCUT2D eigenvalue weighted by Crippen LogP contribution is -2.38. The summed E-state index contributed by atoms with van der Waals surface area (Å²) in [6.07, 6.45) is -7.81. The predicted molar refractivity (Wildman–Crippen MR) is 152 cm³/mol. The van der Waals surface area contributed by atoms with Gasteiger partial charge in [0.1, 0.15) is 48.5 Å². The molecular formula is C21H25N9O12P2S. The number of nitrogens with one attached hydrogen (secondary N) is 1. The molecule has 10 atom stereocenters. The zero-order valence-electron chi connectivity index (χ0n) is 22.5. The summed E-state index contributed by atoms with van der Waals surface area (Å²) in [6, 6.07) is 1.41. The van der Waals surface area contributed by atoms with Crippen molar-refractivity contribution < 1.29 is 52.1 Å². The minimum atomic E-state index is -5.02. The van der Waals surface area contributed by atoms with E-state index in [0.717, 1.165) is 0 Å². The van der Waals surface area contributed by atoms with Crippen LogP contribution in [0.15, 0.2) is 29.7 Å². The maximum atomic E-state index is 13.2. The third-order valence-corrected chi connectivity index (χ3v) is 10.0. The van der Waals surface area contributed by atoms with Crippen LogP contribution in [-0.4, -0.2) is 104 Å². The van der Waals surface area contributed by atoms with Crippen LogP contribution in [0.2, 0.25) is 0 Å². The molecule has 0 radical (unpaired) electrons. The number of aromatic amines is 1. The van der Waals surface area contributed by atoms with Crippen LogP contribution in [-0.2, 0) is 43.9 Å². The summed E-state index contributed by atoms with van der Waals surface area (Å²) in [6.45, 7) is -5.58. The average Bonchev–Trinajstić information content (AvgIpc) is 3.72. The summed E-state index contributed by atoms with van der Waals surface area (Å²) >= 11 is 5.22. The lowest BCUT2D eigenvalue weighted by atomic mass is 10.1. The lowest BCUT2D eigenvalue weighted by Gasteiger charge is -2.27. The van der Waals surface area contributed by atoms with Crippen LogP contribution in [0.1, 0.15) is 12.5 Å². The summed E-state index contributed by atoms with van der Waals surface area (Å²) in [5, 5.41) is 22.4. The predicted octanol–water partition coefficient (Wildman–Crippen LogP) is -1.62. The van der Waals surface area contributed by atoms with Gasteiger partial charge in [0.25, 0.3) is 5.56 Å². The Kier molecular flexibility index (Phi) is 7.56. The zero-order chi connectivity index (χ0) is 31.8. The van der Waals surface area contributed by atoms with E-state index in [9.17, 15) is 29.4 Å². The molecule has 4 aromatic heterocycles. The summed E-state index contributed by atoms with van der Waals surface area (Å²) in [5.41, 5.74) is 11.4. The van der Waals surface area contributed by atoms with Crippen molar-refractivity contribution in [3.63, 3.8) is 0 Å². The second-order valence-electron chi connectivity index (χ2n) is 10.3. The fraction of sp³-hybridized carbons (Fsp3) is 0.476. The van der Waals surface area contributed by atoms with Crippen molar-refractivity contribution >= 4 is 60.3 Å². The highest BCUT2D eigenvalue weighted by atomic mass is 32.5. The van der Waals surface area contributed by atoms with E-state index < -0.39 is 82.4 Å². The highest BCUT2D eigenvalue weighted by Crippen LogP contribution is 2.54. The molecule has 0 aliphatic carbocycles. The number of hydrogen-bond donors (Lipinski definition) is 7. The maximum Gasteiger partial charge on any atom is 0.472 e. The Bertz CT molecular complexity index is 1940. The average molecular weight is 689 g/mol. The van der Waals surface area contributed by atoms with E-state index in [1.54, 1.807) is 0 Å². The lowest BCUT2D eigenvalue weighted by molar-refractivity contribution is -0.0648. The van der Waals surface area contributed by atoms with Crippen molar-refractivity contribution in [1.29, 1.82) is 0 Å². The van der Waals surface area contributed by atoms with Gasteiger partial charge in [-0.05, 0) is 17.9 Å². The van der Waals surface area contributed by atoms with Gasteiger partial charge >= 0.3 is 14.5 Å². The molecule has 7 heterocycles. The van der Waals surface area contributed by atoms with Crippen LogP contribution in [0, 0.1) is 0 Å². The van der Waals surface area contributed by atoms with Crippen LogP contribution < -0.4 is 17.0 Å². The number of anilines is 2. The van der Waals surface area contributed by atoms with E-state index in [-0.39, 0.29) is 34.0 Å². The largest absolute Gasteiger partial charge is 0.472 e. The third kappa shape index (κ3) is 5.46. The molecule has 0 amide bonds. The van der Waals surface area contributed by atoms with Gasteiger partial charge in [-0.25, -0.2) is 19.5 Å². The first-order valence-corrected chi connectivity index (χ1v) is 17.2. The summed E-state index contributed by atoms with van der Waals surface area (Å²) in [7, 11) is -5.02. The van der Waals surface area contributed by atoms with Crippen LogP contribution in [0.5, 0.6) is 0 Å². The zero-order valence-corrected chi connectivity index (χ0v) is 25.1. The van der Waals surface area contributed by atoms with Crippen molar-refractivity contribution in [2.75, 3.05) is 24.7 Å². The SMILES string of the molecule is Nc1nc2c(ccn2[C@@H]2O[C@@H]3COP(=O)(O)O[C@H]4C(O)[C@@H](COP(O)(=S)OC2[C@H]3O)O[C@H]4n2cnc3c(N)ncnc32)c(=O)[nH]1. The van der Waals surface area contributed by atoms with Gasteiger partial charge in [0.05, 0.1) is 24.9 Å². The number of rotatable bonds is 2. The van der Waals surface area contributed by atoms with Gasteiger partial charge in [-0.2, -0.15) is 4.98 Å². The smallest absolute Gasteiger partial charge is 0.387 e. The second-order valence-corrected chi connectivity index (χ2v) is 14.5. The fourth-order valence-corrected chi connectivity index (χ4v) is 7.76. The first-order valence-electron chi connectivity index (χ1n) is 13.1. The van der Waals surface area contributed by atoms with Crippen molar-refractivity contribution in [1.82, 2.24) is 34.1 Å². The number of aliphatic hydroxyl groups is 2. The molecule has 4 aromatic rings. The minimum absolute atomic E-state index is 0.0452. The van der Waals surface area contributed by atoms with E-state index >= 15 is 0 Å².